The second kappa shape index (κ2) is 11.6. The van der Waals surface area contributed by atoms with Gasteiger partial charge in [-0.2, -0.15) is 0 Å². The molecule has 5 nitrogen and oxygen atoms in total. The van der Waals surface area contributed by atoms with Crippen LogP contribution in [0.3, 0.4) is 0 Å². The zero-order valence-corrected chi connectivity index (χ0v) is 14.7. The van der Waals surface area contributed by atoms with Crippen molar-refractivity contribution in [2.45, 2.75) is 71.1 Å². The van der Waals surface area contributed by atoms with Gasteiger partial charge in [-0.3, -0.25) is 4.79 Å². The smallest absolute Gasteiger partial charge is 0.258 e. The molecule has 0 aliphatic heterocycles. The molecule has 0 radical (unpaired) electrons. The average Bonchev–Trinajstić information content (AvgIpc) is 2.51. The average molecular weight is 337 g/mol. The number of unbranched alkanes of at least 4 members (excludes halogenated alkanes) is 9. The largest absolute Gasteiger partial charge is 0.508 e. The van der Waals surface area contributed by atoms with Crippen LogP contribution < -0.4 is 5.32 Å². The molecule has 0 spiro atoms. The zero-order valence-electron chi connectivity index (χ0n) is 14.7. The SMILES string of the molecule is CCCCCCCCCCCCNC(=O)c1c(O)cc(O)cc1O. The van der Waals surface area contributed by atoms with E-state index in [2.05, 4.69) is 12.2 Å². The highest BCUT2D eigenvalue weighted by Crippen LogP contribution is 2.31. The molecule has 5 heteroatoms. The van der Waals surface area contributed by atoms with Crippen LogP contribution in [-0.2, 0) is 0 Å². The Morgan fingerprint density at radius 3 is 1.79 bits per heavy atom. The fourth-order valence-electron chi connectivity index (χ4n) is 2.73. The Balaban J connectivity index is 2.10. The number of phenolic OH excluding ortho intramolecular Hbond substituents is 3. The van der Waals surface area contributed by atoms with Crippen LogP contribution in [0.4, 0.5) is 0 Å². The normalized spacial score (nSPS) is 10.7. The van der Waals surface area contributed by atoms with E-state index < -0.39 is 17.4 Å². The predicted octanol–water partition coefficient (Wildman–Crippen LogP) is 4.45. The minimum absolute atomic E-state index is 0.195. The van der Waals surface area contributed by atoms with Gasteiger partial charge in [-0.25, -0.2) is 0 Å². The monoisotopic (exact) mass is 337 g/mol. The minimum atomic E-state index is -0.527. The number of amides is 1. The second-order valence-electron chi connectivity index (χ2n) is 6.30. The number of aromatic hydroxyl groups is 3. The van der Waals surface area contributed by atoms with Gasteiger partial charge >= 0.3 is 0 Å². The number of hydrogen-bond donors (Lipinski definition) is 4. The van der Waals surface area contributed by atoms with Crippen molar-refractivity contribution in [2.24, 2.45) is 0 Å². The molecular weight excluding hydrogens is 306 g/mol. The molecule has 0 fully saturated rings. The van der Waals surface area contributed by atoms with Crippen LogP contribution >= 0.6 is 0 Å². The van der Waals surface area contributed by atoms with E-state index in [4.69, 9.17) is 0 Å². The topological polar surface area (TPSA) is 89.8 Å². The van der Waals surface area contributed by atoms with E-state index in [-0.39, 0.29) is 11.3 Å². The van der Waals surface area contributed by atoms with Gasteiger partial charge in [0, 0.05) is 18.7 Å². The summed E-state index contributed by atoms with van der Waals surface area (Å²) in [4.78, 5) is 11.9. The summed E-state index contributed by atoms with van der Waals surface area (Å²) in [6, 6.07) is 2.07. The lowest BCUT2D eigenvalue weighted by molar-refractivity contribution is 0.0947. The molecule has 0 unspecified atom stereocenters. The highest BCUT2D eigenvalue weighted by molar-refractivity contribution is 5.99. The van der Waals surface area contributed by atoms with Gasteiger partial charge in [0.1, 0.15) is 22.8 Å². The van der Waals surface area contributed by atoms with Gasteiger partial charge in [-0.05, 0) is 6.42 Å². The lowest BCUT2D eigenvalue weighted by atomic mass is 10.1. The van der Waals surface area contributed by atoms with Crippen molar-refractivity contribution in [1.82, 2.24) is 5.32 Å². The highest BCUT2D eigenvalue weighted by atomic mass is 16.3. The summed E-state index contributed by atoms with van der Waals surface area (Å²) in [5.74, 6) is -1.65. The Labute approximate surface area is 144 Å². The molecule has 1 rings (SSSR count). The molecule has 1 aromatic carbocycles. The highest BCUT2D eigenvalue weighted by Gasteiger charge is 2.17. The summed E-state index contributed by atoms with van der Waals surface area (Å²) in [5.41, 5.74) is -0.195. The number of carbonyl (C=O) groups excluding carboxylic acids is 1. The van der Waals surface area contributed by atoms with Crippen LogP contribution in [-0.4, -0.2) is 27.8 Å². The molecule has 0 saturated heterocycles. The molecule has 24 heavy (non-hydrogen) atoms. The Bertz CT molecular complexity index is 479. The Morgan fingerprint density at radius 2 is 1.29 bits per heavy atom. The number of nitrogens with one attached hydrogen (secondary N) is 1. The fourth-order valence-corrected chi connectivity index (χ4v) is 2.73. The summed E-state index contributed by atoms with van der Waals surface area (Å²) >= 11 is 0. The van der Waals surface area contributed by atoms with Crippen molar-refractivity contribution in [2.75, 3.05) is 6.54 Å². The molecule has 1 aromatic rings. The first-order chi connectivity index (χ1) is 11.6. The van der Waals surface area contributed by atoms with Gasteiger partial charge in [-0.15, -0.1) is 0 Å². The first-order valence-electron chi connectivity index (χ1n) is 9.09. The van der Waals surface area contributed by atoms with Gasteiger partial charge in [0.15, 0.2) is 0 Å². The molecule has 136 valence electrons. The first kappa shape index (κ1) is 20.1. The van der Waals surface area contributed by atoms with Crippen LogP contribution in [0.2, 0.25) is 0 Å². The molecule has 4 N–H and O–H groups in total. The first-order valence-corrected chi connectivity index (χ1v) is 9.09. The molecule has 0 saturated carbocycles. The van der Waals surface area contributed by atoms with Gasteiger partial charge in [-0.1, -0.05) is 64.7 Å². The van der Waals surface area contributed by atoms with Crippen LogP contribution in [0.1, 0.15) is 81.5 Å². The number of benzene rings is 1. The molecule has 0 aliphatic rings. The van der Waals surface area contributed by atoms with E-state index in [1.807, 2.05) is 0 Å². The third kappa shape index (κ3) is 7.57. The summed E-state index contributed by atoms with van der Waals surface area (Å²) in [5, 5.41) is 31.2. The third-order valence-corrected chi connectivity index (χ3v) is 4.12. The van der Waals surface area contributed by atoms with Gasteiger partial charge in [0.05, 0.1) is 0 Å². The van der Waals surface area contributed by atoms with E-state index in [1.165, 1.54) is 51.4 Å². The lowest BCUT2D eigenvalue weighted by Gasteiger charge is -2.09. The second-order valence-corrected chi connectivity index (χ2v) is 6.30. The van der Waals surface area contributed by atoms with Crippen LogP contribution in [0.15, 0.2) is 12.1 Å². The molecule has 1 amide bonds. The maximum atomic E-state index is 11.9. The number of carbonyl (C=O) groups is 1. The van der Waals surface area contributed by atoms with E-state index in [0.717, 1.165) is 25.0 Å². The maximum absolute atomic E-state index is 11.9. The van der Waals surface area contributed by atoms with E-state index in [0.29, 0.717) is 6.54 Å². The molecule has 0 aromatic heterocycles. The number of hydrogen-bond acceptors (Lipinski definition) is 4. The zero-order chi connectivity index (χ0) is 17.8. The van der Waals surface area contributed by atoms with E-state index in [9.17, 15) is 20.1 Å². The lowest BCUT2D eigenvalue weighted by Crippen LogP contribution is -2.24. The van der Waals surface area contributed by atoms with Gasteiger partial charge in [0.25, 0.3) is 5.91 Å². The number of rotatable bonds is 12. The van der Waals surface area contributed by atoms with Crippen molar-refractivity contribution in [1.29, 1.82) is 0 Å². The third-order valence-electron chi connectivity index (χ3n) is 4.12. The standard InChI is InChI=1S/C19H31NO4/c1-2-3-4-5-6-7-8-9-10-11-12-20-19(24)18-16(22)13-15(21)14-17(18)23/h13-14,21-23H,2-12H2,1H3,(H,20,24). The Hall–Kier alpha value is -1.91. The van der Waals surface area contributed by atoms with Crippen molar-refractivity contribution >= 4 is 5.91 Å². The molecule has 0 aliphatic carbocycles. The van der Waals surface area contributed by atoms with Crippen LogP contribution in [0, 0.1) is 0 Å². The van der Waals surface area contributed by atoms with Crippen molar-refractivity contribution in [3.63, 3.8) is 0 Å². The minimum Gasteiger partial charge on any atom is -0.508 e. The summed E-state index contributed by atoms with van der Waals surface area (Å²) in [7, 11) is 0. The maximum Gasteiger partial charge on any atom is 0.258 e. The molecule has 0 bridgehead atoms. The quantitative estimate of drug-likeness (QED) is 0.424. The summed E-state index contributed by atoms with van der Waals surface area (Å²) in [6.45, 7) is 2.73. The molecular formula is C19H31NO4. The van der Waals surface area contributed by atoms with Crippen molar-refractivity contribution in [3.8, 4) is 17.2 Å². The molecule has 0 heterocycles. The van der Waals surface area contributed by atoms with E-state index in [1.54, 1.807) is 0 Å². The Morgan fingerprint density at radius 1 is 0.833 bits per heavy atom. The van der Waals surface area contributed by atoms with Crippen molar-refractivity contribution in [3.05, 3.63) is 17.7 Å². The Kier molecular flexibility index (Phi) is 9.73. The van der Waals surface area contributed by atoms with Crippen LogP contribution in [0.5, 0.6) is 17.2 Å². The summed E-state index contributed by atoms with van der Waals surface area (Å²) in [6.07, 6.45) is 12.2. The summed E-state index contributed by atoms with van der Waals surface area (Å²) < 4.78 is 0. The van der Waals surface area contributed by atoms with Crippen molar-refractivity contribution < 1.29 is 20.1 Å². The predicted molar refractivity (Wildman–Crippen MR) is 95.6 cm³/mol. The molecule has 0 atom stereocenters. The van der Waals surface area contributed by atoms with Crippen LogP contribution in [0.25, 0.3) is 0 Å². The van der Waals surface area contributed by atoms with E-state index >= 15 is 0 Å². The fraction of sp³-hybridized carbons (Fsp3) is 0.632. The van der Waals surface area contributed by atoms with Gasteiger partial charge < -0.3 is 20.6 Å². The number of phenols is 3. The van der Waals surface area contributed by atoms with Gasteiger partial charge in [0.2, 0.25) is 0 Å².